The topological polar surface area (TPSA) is 111 Å². The van der Waals surface area contributed by atoms with Gasteiger partial charge in [0.2, 0.25) is 0 Å². The SMILES string of the molecule is CCC(C)(Oc1cc(C(=O)OCCS(=O)(=O)[O-])ccc1OC(F)(F)F)C1CC2CCC1O2. The summed E-state index contributed by atoms with van der Waals surface area (Å²) in [7, 11) is -4.59. The van der Waals surface area contributed by atoms with Crippen molar-refractivity contribution in [2.24, 2.45) is 5.92 Å². The summed E-state index contributed by atoms with van der Waals surface area (Å²) in [5, 5.41) is 0. The Kier molecular flexibility index (Phi) is 6.97. The van der Waals surface area contributed by atoms with Gasteiger partial charge in [-0.05, 0) is 50.8 Å². The van der Waals surface area contributed by atoms with Crippen LogP contribution in [0.15, 0.2) is 18.2 Å². The Bertz CT molecular complexity index is 949. The normalized spacial score (nSPS) is 24.8. The molecule has 2 saturated heterocycles. The molecule has 2 heterocycles. The number of fused-ring (bicyclic) bond motifs is 2. The molecule has 0 spiro atoms. The molecule has 1 aromatic carbocycles. The van der Waals surface area contributed by atoms with Crippen LogP contribution in [0.3, 0.4) is 0 Å². The van der Waals surface area contributed by atoms with Gasteiger partial charge in [0.05, 0.1) is 33.6 Å². The van der Waals surface area contributed by atoms with Gasteiger partial charge in [-0.1, -0.05) is 6.92 Å². The fourth-order valence-corrected chi connectivity index (χ4v) is 4.47. The molecule has 4 unspecified atom stereocenters. The van der Waals surface area contributed by atoms with E-state index in [1.807, 2.05) is 6.92 Å². The van der Waals surface area contributed by atoms with Crippen LogP contribution in [0.25, 0.3) is 0 Å². The molecule has 0 aliphatic carbocycles. The second kappa shape index (κ2) is 9.06. The minimum Gasteiger partial charge on any atom is -0.748 e. The molecule has 0 aromatic heterocycles. The molecule has 2 aliphatic rings. The Balaban J connectivity index is 1.85. The van der Waals surface area contributed by atoms with Gasteiger partial charge in [-0.15, -0.1) is 13.2 Å². The average Bonchev–Trinajstić information content (AvgIpc) is 3.31. The summed E-state index contributed by atoms with van der Waals surface area (Å²) < 4.78 is 91.5. The van der Waals surface area contributed by atoms with Crippen molar-refractivity contribution >= 4 is 16.1 Å². The van der Waals surface area contributed by atoms with Gasteiger partial charge in [0, 0.05) is 5.92 Å². The highest BCUT2D eigenvalue weighted by atomic mass is 32.2. The number of rotatable bonds is 9. The minimum atomic E-state index is -4.99. The number of hydrogen-bond donors (Lipinski definition) is 0. The third kappa shape index (κ3) is 6.04. The molecule has 8 nitrogen and oxygen atoms in total. The molecule has 0 saturated carbocycles. The van der Waals surface area contributed by atoms with E-state index in [-0.39, 0.29) is 29.4 Å². The van der Waals surface area contributed by atoms with Crippen molar-refractivity contribution in [2.45, 2.75) is 63.7 Å². The van der Waals surface area contributed by atoms with Crippen molar-refractivity contribution in [1.82, 2.24) is 0 Å². The molecule has 2 fully saturated rings. The summed E-state index contributed by atoms with van der Waals surface area (Å²) >= 11 is 0. The van der Waals surface area contributed by atoms with E-state index in [0.717, 1.165) is 37.5 Å². The summed E-state index contributed by atoms with van der Waals surface area (Å²) in [5.41, 5.74) is -1.07. The van der Waals surface area contributed by atoms with E-state index in [1.165, 1.54) is 0 Å². The average molecular weight is 481 g/mol. The third-order valence-electron chi connectivity index (χ3n) is 5.91. The zero-order valence-electron chi connectivity index (χ0n) is 17.5. The van der Waals surface area contributed by atoms with Crippen LogP contribution >= 0.6 is 0 Å². The number of halogens is 3. The lowest BCUT2D eigenvalue weighted by molar-refractivity contribution is -0.275. The van der Waals surface area contributed by atoms with E-state index < -0.39 is 46.2 Å². The molecular weight excluding hydrogens is 457 g/mol. The van der Waals surface area contributed by atoms with E-state index in [4.69, 9.17) is 14.2 Å². The second-order valence-corrected chi connectivity index (χ2v) is 9.62. The highest BCUT2D eigenvalue weighted by Gasteiger charge is 2.50. The Morgan fingerprint density at radius 2 is 1.94 bits per heavy atom. The second-order valence-electron chi connectivity index (χ2n) is 8.09. The Morgan fingerprint density at radius 3 is 2.47 bits per heavy atom. The van der Waals surface area contributed by atoms with Crippen LogP contribution < -0.4 is 9.47 Å². The first-order chi connectivity index (χ1) is 14.8. The van der Waals surface area contributed by atoms with Crippen molar-refractivity contribution in [2.75, 3.05) is 12.4 Å². The quantitative estimate of drug-likeness (QED) is 0.390. The van der Waals surface area contributed by atoms with Crippen molar-refractivity contribution in [1.29, 1.82) is 0 Å². The number of carbonyl (C=O) groups excluding carboxylic acids is 1. The molecule has 12 heteroatoms. The third-order valence-corrected chi connectivity index (χ3v) is 6.57. The molecule has 0 radical (unpaired) electrons. The molecule has 0 amide bonds. The number of hydrogen-bond acceptors (Lipinski definition) is 8. The van der Waals surface area contributed by atoms with Crippen LogP contribution in [0.5, 0.6) is 11.5 Å². The van der Waals surface area contributed by atoms with Crippen LogP contribution in [-0.4, -0.2) is 55.5 Å². The highest BCUT2D eigenvalue weighted by molar-refractivity contribution is 7.85. The Morgan fingerprint density at radius 1 is 1.22 bits per heavy atom. The highest BCUT2D eigenvalue weighted by Crippen LogP contribution is 2.47. The van der Waals surface area contributed by atoms with Crippen molar-refractivity contribution in [3.05, 3.63) is 23.8 Å². The lowest BCUT2D eigenvalue weighted by Crippen LogP contribution is -2.45. The molecule has 4 atom stereocenters. The smallest absolute Gasteiger partial charge is 0.573 e. The van der Waals surface area contributed by atoms with Gasteiger partial charge in [-0.2, -0.15) is 0 Å². The number of carbonyl (C=O) groups is 1. The minimum absolute atomic E-state index is 0.0529. The first-order valence-corrected chi connectivity index (χ1v) is 11.7. The molecule has 2 bridgehead atoms. The summed E-state index contributed by atoms with van der Waals surface area (Å²) in [6.45, 7) is 2.94. The van der Waals surface area contributed by atoms with E-state index in [1.54, 1.807) is 6.92 Å². The molecule has 2 aliphatic heterocycles. The van der Waals surface area contributed by atoms with E-state index in [0.29, 0.717) is 6.42 Å². The maximum atomic E-state index is 12.9. The van der Waals surface area contributed by atoms with Gasteiger partial charge in [-0.25, -0.2) is 13.2 Å². The largest absolute Gasteiger partial charge is 0.748 e. The summed E-state index contributed by atoms with van der Waals surface area (Å²) in [6.07, 6.45) is -1.98. The number of ether oxygens (including phenoxy) is 4. The van der Waals surface area contributed by atoms with E-state index in [2.05, 4.69) is 4.74 Å². The van der Waals surface area contributed by atoms with Gasteiger partial charge in [0.15, 0.2) is 11.5 Å². The monoisotopic (exact) mass is 481 g/mol. The molecule has 180 valence electrons. The van der Waals surface area contributed by atoms with Gasteiger partial charge in [0.25, 0.3) is 0 Å². The summed E-state index contributed by atoms with van der Waals surface area (Å²) in [5.74, 6) is -2.92. The fourth-order valence-electron chi connectivity index (χ4n) is 4.19. The lowest BCUT2D eigenvalue weighted by atomic mass is 9.76. The van der Waals surface area contributed by atoms with Crippen LogP contribution in [-0.2, 0) is 19.6 Å². The van der Waals surface area contributed by atoms with Crippen LogP contribution in [0.4, 0.5) is 13.2 Å². The lowest BCUT2D eigenvalue weighted by Gasteiger charge is -2.38. The van der Waals surface area contributed by atoms with Crippen molar-refractivity contribution in [3.63, 3.8) is 0 Å². The van der Waals surface area contributed by atoms with E-state index >= 15 is 0 Å². The first kappa shape index (κ1) is 24.6. The maximum absolute atomic E-state index is 12.9. The van der Waals surface area contributed by atoms with Gasteiger partial charge < -0.3 is 23.5 Å². The molecule has 0 N–H and O–H groups in total. The standard InChI is InChI=1S/C20H25F3O8S/c1-3-19(2,14-11-13-5-7-15(14)29-13)30-17-10-12(4-6-16(17)31-20(21,22)23)18(24)28-8-9-32(25,26)27/h4,6,10,13-15H,3,5,7-9,11H2,1-2H3,(H,25,26,27)/p-1. The van der Waals surface area contributed by atoms with Crippen LogP contribution in [0, 0.1) is 5.92 Å². The summed E-state index contributed by atoms with van der Waals surface area (Å²) in [4.78, 5) is 12.2. The first-order valence-electron chi connectivity index (χ1n) is 10.1. The predicted octanol–water partition coefficient (Wildman–Crippen LogP) is 3.40. The Hall–Kier alpha value is -2.05. The van der Waals surface area contributed by atoms with Crippen molar-refractivity contribution in [3.8, 4) is 11.5 Å². The Labute approximate surface area is 183 Å². The number of benzene rings is 1. The zero-order valence-corrected chi connectivity index (χ0v) is 18.3. The van der Waals surface area contributed by atoms with Gasteiger partial charge in [-0.3, -0.25) is 0 Å². The molecule has 3 rings (SSSR count). The molecule has 1 aromatic rings. The summed E-state index contributed by atoms with van der Waals surface area (Å²) in [6, 6.07) is 3.01. The van der Waals surface area contributed by atoms with Crippen LogP contribution in [0.1, 0.15) is 49.9 Å². The van der Waals surface area contributed by atoms with Crippen LogP contribution in [0.2, 0.25) is 0 Å². The predicted molar refractivity (Wildman–Crippen MR) is 103 cm³/mol. The molecule has 32 heavy (non-hydrogen) atoms. The molecular formula is C20H24F3O8S-. The van der Waals surface area contributed by atoms with Gasteiger partial charge >= 0.3 is 12.3 Å². The fraction of sp³-hybridized carbons (Fsp3) is 0.650. The van der Waals surface area contributed by atoms with Gasteiger partial charge in [0.1, 0.15) is 12.2 Å². The zero-order chi connectivity index (χ0) is 23.7. The van der Waals surface area contributed by atoms with E-state index in [9.17, 15) is 30.9 Å². The number of esters is 1. The van der Waals surface area contributed by atoms with Crippen molar-refractivity contribution < 1.29 is 49.9 Å². The maximum Gasteiger partial charge on any atom is 0.573 e. The number of alkyl halides is 3.